The van der Waals surface area contributed by atoms with Crippen molar-refractivity contribution in [3.8, 4) is 17.3 Å². The van der Waals surface area contributed by atoms with Crippen LogP contribution < -0.4 is 0 Å². The summed E-state index contributed by atoms with van der Waals surface area (Å²) in [6.07, 6.45) is 8.71. The van der Waals surface area contributed by atoms with E-state index in [0.29, 0.717) is 29.7 Å². The van der Waals surface area contributed by atoms with Gasteiger partial charge in [0, 0.05) is 23.5 Å². The van der Waals surface area contributed by atoms with Crippen LogP contribution in [0.5, 0.6) is 0 Å². The van der Waals surface area contributed by atoms with Crippen LogP contribution in [0.1, 0.15) is 50.3 Å². The number of rotatable bonds is 6. The van der Waals surface area contributed by atoms with Gasteiger partial charge < -0.3 is 4.57 Å². The molecule has 4 aromatic carbocycles. The number of carbonyl (C=O) groups is 1. The number of aryl methyl sites for hydroxylation is 1. The first kappa shape index (κ1) is 27.0. The molecule has 7 rings (SSSR count). The molecule has 210 valence electrons. The Balaban J connectivity index is 1.36. The molecule has 0 atom stereocenters. The molecule has 0 fully saturated rings. The highest BCUT2D eigenvalue weighted by atomic mass is 16.1. The van der Waals surface area contributed by atoms with E-state index in [4.69, 9.17) is 4.98 Å². The number of pyridine rings is 1. The summed E-state index contributed by atoms with van der Waals surface area (Å²) in [5.41, 5.74) is 7.80. The first-order valence-corrected chi connectivity index (χ1v) is 14.6. The number of allylic oxidation sites excluding steroid dienone is 1. The molecule has 0 bridgehead atoms. The van der Waals surface area contributed by atoms with Gasteiger partial charge in [-0.3, -0.25) is 9.78 Å². The highest BCUT2D eigenvalue weighted by molar-refractivity contribution is 6.12. The number of carbonyl (C=O) groups excluding carboxylic acids is 1. The van der Waals surface area contributed by atoms with Crippen molar-refractivity contribution >= 4 is 11.9 Å². The van der Waals surface area contributed by atoms with Gasteiger partial charge in [-0.1, -0.05) is 115 Å². The van der Waals surface area contributed by atoms with Gasteiger partial charge in [0.25, 0.3) is 0 Å². The van der Waals surface area contributed by atoms with Crippen molar-refractivity contribution in [3.05, 3.63) is 185 Å². The van der Waals surface area contributed by atoms with E-state index in [0.717, 1.165) is 39.1 Å². The summed E-state index contributed by atoms with van der Waals surface area (Å²) < 4.78 is 2.20. The second-order valence-corrected chi connectivity index (χ2v) is 10.9. The third kappa shape index (κ3) is 4.63. The van der Waals surface area contributed by atoms with Gasteiger partial charge in [-0.05, 0) is 52.8 Å². The fourth-order valence-corrected chi connectivity index (χ4v) is 6.31. The Hall–Kier alpha value is -5.86. The van der Waals surface area contributed by atoms with E-state index in [9.17, 15) is 10.1 Å². The number of benzene rings is 4. The van der Waals surface area contributed by atoms with E-state index < -0.39 is 5.54 Å². The number of nitrogens with zero attached hydrogens (tertiary/aromatic N) is 4. The van der Waals surface area contributed by atoms with E-state index in [1.807, 2.05) is 54.9 Å². The number of Topliss-reactive ketones (excluding diaryl/α,β-unsaturated/α-hetero) is 1. The molecule has 0 spiro atoms. The highest BCUT2D eigenvalue weighted by Gasteiger charge is 2.38. The fraction of sp³-hybridized carbons (Fsp3) is 0.0769. The van der Waals surface area contributed by atoms with Gasteiger partial charge in [0.05, 0.1) is 17.6 Å². The summed E-state index contributed by atoms with van der Waals surface area (Å²) in [5, 5.41) is 9.24. The van der Waals surface area contributed by atoms with Crippen molar-refractivity contribution in [2.24, 2.45) is 0 Å². The Labute approximate surface area is 256 Å². The summed E-state index contributed by atoms with van der Waals surface area (Å²) >= 11 is 0. The number of hydrogen-bond acceptors (Lipinski definition) is 4. The predicted octanol–water partition coefficient (Wildman–Crippen LogP) is 7.87. The summed E-state index contributed by atoms with van der Waals surface area (Å²) in [5.74, 6) is -0.0904. The van der Waals surface area contributed by atoms with Crippen LogP contribution in [0.3, 0.4) is 0 Å². The van der Waals surface area contributed by atoms with Crippen LogP contribution in [0.2, 0.25) is 0 Å². The molecule has 1 aliphatic carbocycles. The minimum absolute atomic E-state index is 0.0904. The second-order valence-electron chi connectivity index (χ2n) is 10.9. The number of ketones is 1. The number of nitriles is 1. The summed E-state index contributed by atoms with van der Waals surface area (Å²) in [4.78, 5) is 22.7. The normalized spacial score (nSPS) is 13.8. The van der Waals surface area contributed by atoms with Crippen LogP contribution in [-0.4, -0.2) is 20.3 Å². The quantitative estimate of drug-likeness (QED) is 0.151. The molecule has 2 heterocycles. The molecule has 0 amide bonds. The maximum atomic E-state index is 13.4. The molecule has 5 nitrogen and oxygen atoms in total. The van der Waals surface area contributed by atoms with Crippen LogP contribution in [0.25, 0.3) is 17.3 Å². The lowest BCUT2D eigenvalue weighted by molar-refractivity contribution is 0.102. The van der Waals surface area contributed by atoms with Crippen molar-refractivity contribution in [1.29, 1.82) is 5.26 Å². The van der Waals surface area contributed by atoms with Gasteiger partial charge in [0.2, 0.25) is 5.78 Å². The molecule has 1 aliphatic rings. The first-order chi connectivity index (χ1) is 21.7. The number of fused-ring (bicyclic) bond motifs is 1. The van der Waals surface area contributed by atoms with E-state index in [1.54, 1.807) is 6.07 Å². The Bertz CT molecular complexity index is 1940. The van der Waals surface area contributed by atoms with E-state index in [1.165, 1.54) is 6.20 Å². The molecular weight excluding hydrogens is 540 g/mol. The topological polar surface area (TPSA) is 71.6 Å². The lowest BCUT2D eigenvalue weighted by Gasteiger charge is -2.37. The van der Waals surface area contributed by atoms with Crippen LogP contribution in [-0.2, 0) is 12.0 Å². The maximum Gasteiger partial charge on any atom is 0.207 e. The Kier molecular flexibility index (Phi) is 7.02. The predicted molar refractivity (Wildman–Crippen MR) is 172 cm³/mol. The first-order valence-electron chi connectivity index (χ1n) is 14.6. The third-order valence-corrected chi connectivity index (χ3v) is 8.38. The van der Waals surface area contributed by atoms with E-state index >= 15 is 0 Å². The van der Waals surface area contributed by atoms with Gasteiger partial charge in [-0.25, -0.2) is 4.98 Å². The number of hydrogen-bond donors (Lipinski definition) is 0. The molecule has 2 aromatic heterocycles. The summed E-state index contributed by atoms with van der Waals surface area (Å²) in [6, 6.07) is 43.5. The molecule has 0 saturated carbocycles. The summed E-state index contributed by atoms with van der Waals surface area (Å²) in [7, 11) is 0. The van der Waals surface area contributed by atoms with Crippen LogP contribution in [0.15, 0.2) is 146 Å². The Morgan fingerprint density at radius 2 is 1.34 bits per heavy atom. The van der Waals surface area contributed by atoms with Gasteiger partial charge in [0.15, 0.2) is 0 Å². The Morgan fingerprint density at radius 1 is 0.750 bits per heavy atom. The minimum atomic E-state index is -0.667. The average molecular weight is 569 g/mol. The van der Waals surface area contributed by atoms with Crippen molar-refractivity contribution in [2.75, 3.05) is 0 Å². The van der Waals surface area contributed by atoms with Crippen LogP contribution in [0.4, 0.5) is 0 Å². The molecule has 0 saturated heterocycles. The van der Waals surface area contributed by atoms with Gasteiger partial charge in [-0.2, -0.15) is 5.26 Å². The van der Waals surface area contributed by atoms with E-state index in [2.05, 4.69) is 94.6 Å². The van der Waals surface area contributed by atoms with Crippen molar-refractivity contribution < 1.29 is 4.79 Å². The fourth-order valence-electron chi connectivity index (χ4n) is 6.31. The van der Waals surface area contributed by atoms with Crippen LogP contribution >= 0.6 is 0 Å². The van der Waals surface area contributed by atoms with Gasteiger partial charge >= 0.3 is 0 Å². The largest absolute Gasteiger partial charge is 0.318 e. The Morgan fingerprint density at radius 3 is 1.95 bits per heavy atom. The lowest BCUT2D eigenvalue weighted by atomic mass is 9.77. The van der Waals surface area contributed by atoms with Crippen molar-refractivity contribution in [3.63, 3.8) is 0 Å². The molecule has 0 unspecified atom stereocenters. The zero-order valence-electron chi connectivity index (χ0n) is 24.0. The summed E-state index contributed by atoms with van der Waals surface area (Å²) in [6.45, 7) is 0. The zero-order chi connectivity index (χ0) is 29.9. The van der Waals surface area contributed by atoms with E-state index in [-0.39, 0.29) is 5.78 Å². The van der Waals surface area contributed by atoms with Gasteiger partial charge in [0.1, 0.15) is 17.3 Å². The lowest BCUT2D eigenvalue weighted by Crippen LogP contribution is -2.36. The monoisotopic (exact) mass is 568 g/mol. The molecule has 44 heavy (non-hydrogen) atoms. The molecular formula is C39H28N4O. The van der Waals surface area contributed by atoms with Crippen molar-refractivity contribution in [1.82, 2.24) is 14.5 Å². The molecule has 6 aromatic rings. The van der Waals surface area contributed by atoms with Gasteiger partial charge in [-0.15, -0.1) is 0 Å². The number of aromatic nitrogens is 3. The van der Waals surface area contributed by atoms with Crippen molar-refractivity contribution in [2.45, 2.75) is 18.4 Å². The maximum absolute atomic E-state index is 13.4. The average Bonchev–Trinajstić information content (AvgIpc) is 3.58. The molecule has 0 radical (unpaired) electrons. The second kappa shape index (κ2) is 11.4. The molecule has 0 aliphatic heterocycles. The highest BCUT2D eigenvalue weighted by Crippen LogP contribution is 2.41. The minimum Gasteiger partial charge on any atom is -0.318 e. The van der Waals surface area contributed by atoms with Crippen LogP contribution in [0, 0.1) is 11.3 Å². The SMILES string of the molecule is N#Cc1cnc2c(c1)CCC(=Cc1ccccc1-c1cn(C(c3ccccc3)(c3ccccc3)c3ccccc3)cn1)C2=O. The molecule has 0 N–H and O–H groups in total. The third-order valence-electron chi connectivity index (χ3n) is 8.38. The smallest absolute Gasteiger partial charge is 0.207 e. The zero-order valence-corrected chi connectivity index (χ0v) is 24.0. The number of imidazole rings is 1. The molecule has 5 heteroatoms. The standard InChI is InChI=1S/C39H28N4O/c40-24-28-22-30-20-21-31(38(44)37(30)41-25-28)23-29-12-10-11-19-35(29)36-26-43(27-42-36)39(32-13-4-1-5-14-32,33-15-6-2-7-16-33)34-17-8-3-9-18-34/h1-19,22-23,25-27H,20-21H2.